The Bertz CT molecular complexity index is 1690. The zero-order chi connectivity index (χ0) is 35.0. The Balaban J connectivity index is 1.34. The number of alkyl halides is 3. The molecule has 0 spiro atoms. The molecule has 1 saturated carbocycles. The summed E-state index contributed by atoms with van der Waals surface area (Å²) < 4.78 is 46.3. The zero-order valence-corrected chi connectivity index (χ0v) is 28.1. The topological polar surface area (TPSA) is 94.2 Å². The number of aliphatic hydroxyl groups is 2. The van der Waals surface area contributed by atoms with Gasteiger partial charge in [-0.2, -0.15) is 13.2 Å². The number of carbonyl (C=O) groups is 2. The predicted molar refractivity (Wildman–Crippen MR) is 179 cm³/mol. The van der Waals surface area contributed by atoms with Crippen LogP contribution in [0.2, 0.25) is 0 Å². The average Bonchev–Trinajstić information content (AvgIpc) is 3.70. The number of ketones is 1. The van der Waals surface area contributed by atoms with E-state index in [0.29, 0.717) is 94.6 Å². The van der Waals surface area contributed by atoms with E-state index in [9.17, 15) is 33.0 Å². The van der Waals surface area contributed by atoms with Gasteiger partial charge in [-0.3, -0.25) is 14.5 Å². The highest BCUT2D eigenvalue weighted by Gasteiger charge is 2.57. The highest BCUT2D eigenvalue weighted by molar-refractivity contribution is 6.10. The molecule has 10 heteroatoms. The molecule has 2 bridgehead atoms. The number of piperazine rings is 1. The fraction of sp³-hybridized carbons (Fsp3) is 0.487. The summed E-state index contributed by atoms with van der Waals surface area (Å²) in [7, 11) is 0. The van der Waals surface area contributed by atoms with Crippen molar-refractivity contribution in [3.63, 3.8) is 0 Å². The number of nitrogens with zero attached hydrogens (tertiary/aromatic N) is 2. The van der Waals surface area contributed by atoms with Gasteiger partial charge in [0.25, 0.3) is 5.91 Å². The van der Waals surface area contributed by atoms with Crippen LogP contribution in [0, 0.1) is 5.41 Å². The number of halogens is 3. The maximum atomic E-state index is 14.2. The molecule has 2 N–H and O–H groups in total. The minimum absolute atomic E-state index is 0.0506. The van der Waals surface area contributed by atoms with Crippen molar-refractivity contribution in [1.82, 2.24) is 9.80 Å². The van der Waals surface area contributed by atoms with Crippen LogP contribution >= 0.6 is 0 Å². The molecule has 1 saturated heterocycles. The summed E-state index contributed by atoms with van der Waals surface area (Å²) >= 11 is 0. The van der Waals surface area contributed by atoms with Gasteiger partial charge in [-0.15, -0.1) is 0 Å². The van der Waals surface area contributed by atoms with E-state index in [2.05, 4.69) is 24.8 Å². The van der Waals surface area contributed by atoms with E-state index in [1.165, 1.54) is 24.0 Å². The molecule has 4 atom stereocenters. The molecule has 0 radical (unpaired) electrons. The third-order valence-corrected chi connectivity index (χ3v) is 11.2. The Labute approximate surface area is 285 Å². The first-order valence-electron chi connectivity index (χ1n) is 17.2. The van der Waals surface area contributed by atoms with Crippen LogP contribution in [0.25, 0.3) is 0 Å². The number of rotatable bonds is 5. The predicted octanol–water partition coefficient (Wildman–Crippen LogP) is 7.03. The molecule has 49 heavy (non-hydrogen) atoms. The number of allylic oxidation sites excluding steroid dienone is 2. The van der Waals surface area contributed by atoms with E-state index >= 15 is 0 Å². The van der Waals surface area contributed by atoms with Crippen LogP contribution in [0.15, 0.2) is 76.9 Å². The second-order valence-electron chi connectivity index (χ2n) is 14.4. The van der Waals surface area contributed by atoms with Crippen LogP contribution in [0.5, 0.6) is 0 Å². The van der Waals surface area contributed by atoms with E-state index in [4.69, 9.17) is 4.42 Å². The SMILES string of the molecule is CC1=CCC[C@@]2(C)[C@@H](CC[C@@]2(O)CN2CCN(C(=O)c3ccco3)CC2)c2ccc(cc2C(=O)c2cccc(C(F)(F)F)c2)C[C@@H](O)CC1. The lowest BCUT2D eigenvalue weighted by Gasteiger charge is -2.47. The Kier molecular flexibility index (Phi) is 9.95. The number of carbonyl (C=O) groups excluding carboxylic acids is 2. The molecule has 1 aliphatic heterocycles. The molecule has 3 aromatic rings. The Morgan fingerprint density at radius 3 is 2.49 bits per heavy atom. The second-order valence-corrected chi connectivity index (χ2v) is 14.4. The van der Waals surface area contributed by atoms with Gasteiger partial charge in [0.15, 0.2) is 11.5 Å². The van der Waals surface area contributed by atoms with Crippen LogP contribution in [0.3, 0.4) is 0 Å². The molecule has 7 rings (SSSR count). The normalized spacial score (nSPS) is 27.0. The fourth-order valence-electron chi connectivity index (χ4n) is 8.22. The van der Waals surface area contributed by atoms with Crippen LogP contribution < -0.4 is 0 Å². The number of fused-ring (bicyclic) bond motifs is 8. The summed E-state index contributed by atoms with van der Waals surface area (Å²) in [4.78, 5) is 31.0. The average molecular weight is 679 g/mol. The number of hydrogen-bond acceptors (Lipinski definition) is 6. The van der Waals surface area contributed by atoms with E-state index < -0.39 is 34.6 Å². The summed E-state index contributed by atoms with van der Waals surface area (Å²) in [5.74, 6) is -0.606. The van der Waals surface area contributed by atoms with E-state index in [-0.39, 0.29) is 17.4 Å². The lowest BCUT2D eigenvalue weighted by Crippen LogP contribution is -2.57. The standard InChI is InChI=1S/C39H45F3N2O5/c1-26-6-4-15-37(2)33(14-16-38(37,48)25-43-17-19-44(20-18-43)36(47)34-9-5-21-49-34)31-13-11-27(22-30(45)12-10-26)23-32(31)35(46)28-7-3-8-29(24-28)39(40,41)42/h3,5-9,11,13,21,23-24,30,33,45,48H,4,10,12,14-20,22,25H2,1-2H3/t30-,33-,37-,38+/m0/s1. The van der Waals surface area contributed by atoms with Crippen molar-refractivity contribution < 1.29 is 37.4 Å². The third-order valence-electron chi connectivity index (χ3n) is 11.2. The van der Waals surface area contributed by atoms with Crippen molar-refractivity contribution >= 4 is 11.7 Å². The summed E-state index contributed by atoms with van der Waals surface area (Å²) in [6, 6.07) is 13.4. The van der Waals surface area contributed by atoms with Gasteiger partial charge in [0, 0.05) is 49.3 Å². The molecule has 2 heterocycles. The van der Waals surface area contributed by atoms with Gasteiger partial charge < -0.3 is 19.5 Å². The molecule has 0 unspecified atom stereocenters. The first kappa shape index (κ1) is 35.1. The van der Waals surface area contributed by atoms with Crippen LogP contribution in [0.1, 0.15) is 101 Å². The molecular weight excluding hydrogens is 633 g/mol. The summed E-state index contributed by atoms with van der Waals surface area (Å²) in [5, 5.41) is 23.5. The van der Waals surface area contributed by atoms with Gasteiger partial charge in [0.1, 0.15) is 0 Å². The first-order valence-corrected chi connectivity index (χ1v) is 17.2. The molecule has 2 aromatic carbocycles. The molecule has 3 aliphatic carbocycles. The lowest BCUT2D eigenvalue weighted by molar-refractivity contribution is -0.137. The maximum Gasteiger partial charge on any atom is 0.416 e. The van der Waals surface area contributed by atoms with E-state index in [1.807, 2.05) is 12.1 Å². The number of β-amino-alcohol motifs (C(OH)–C–C–N with tert-alkyl or cyclic N) is 1. The molecule has 4 aliphatic rings. The Morgan fingerprint density at radius 2 is 1.78 bits per heavy atom. The largest absolute Gasteiger partial charge is 0.459 e. The third kappa shape index (κ3) is 7.28. The number of aliphatic hydroxyl groups excluding tert-OH is 1. The summed E-state index contributed by atoms with van der Waals surface area (Å²) in [6.07, 6.45) is 2.40. The number of furan rings is 1. The zero-order valence-electron chi connectivity index (χ0n) is 28.1. The lowest BCUT2D eigenvalue weighted by atomic mass is 9.64. The quantitative estimate of drug-likeness (QED) is 0.223. The molecule has 1 aromatic heterocycles. The molecule has 2 fully saturated rings. The van der Waals surface area contributed by atoms with Gasteiger partial charge in [0.05, 0.1) is 23.5 Å². The first-order chi connectivity index (χ1) is 23.3. The van der Waals surface area contributed by atoms with Crippen molar-refractivity contribution in [2.24, 2.45) is 5.41 Å². The summed E-state index contributed by atoms with van der Waals surface area (Å²) in [6.45, 7) is 6.72. The number of amides is 1. The van der Waals surface area contributed by atoms with Crippen molar-refractivity contribution in [3.8, 4) is 0 Å². The van der Waals surface area contributed by atoms with Crippen molar-refractivity contribution in [2.75, 3.05) is 32.7 Å². The van der Waals surface area contributed by atoms with Gasteiger partial charge in [-0.25, -0.2) is 0 Å². The Hall–Kier alpha value is -3.73. The van der Waals surface area contributed by atoms with Crippen molar-refractivity contribution in [2.45, 2.75) is 82.6 Å². The van der Waals surface area contributed by atoms with Crippen molar-refractivity contribution in [1.29, 1.82) is 0 Å². The highest BCUT2D eigenvalue weighted by Crippen LogP contribution is 2.59. The fourth-order valence-corrected chi connectivity index (χ4v) is 8.22. The van der Waals surface area contributed by atoms with Crippen molar-refractivity contribution in [3.05, 3.63) is 106 Å². The molecule has 262 valence electrons. The molecular formula is C39H45F3N2O5. The van der Waals surface area contributed by atoms with Gasteiger partial charge >= 0.3 is 6.18 Å². The van der Waals surface area contributed by atoms with E-state index in [1.54, 1.807) is 23.1 Å². The Morgan fingerprint density at radius 1 is 1.00 bits per heavy atom. The van der Waals surface area contributed by atoms with Gasteiger partial charge in [0.2, 0.25) is 0 Å². The van der Waals surface area contributed by atoms with Gasteiger partial charge in [-0.05, 0) is 99.2 Å². The second kappa shape index (κ2) is 13.9. The molecule has 7 nitrogen and oxygen atoms in total. The molecule has 1 amide bonds. The number of benzene rings is 2. The number of hydrogen-bond donors (Lipinski definition) is 2. The highest BCUT2D eigenvalue weighted by atomic mass is 19.4. The minimum atomic E-state index is -4.59. The van der Waals surface area contributed by atoms with Crippen LogP contribution in [-0.2, 0) is 12.6 Å². The maximum absolute atomic E-state index is 14.2. The van der Waals surface area contributed by atoms with Crippen LogP contribution in [0.4, 0.5) is 13.2 Å². The smallest absolute Gasteiger partial charge is 0.416 e. The van der Waals surface area contributed by atoms with Gasteiger partial charge in [-0.1, -0.05) is 42.8 Å². The minimum Gasteiger partial charge on any atom is -0.459 e. The monoisotopic (exact) mass is 678 g/mol. The van der Waals surface area contributed by atoms with Crippen LogP contribution in [-0.4, -0.2) is 76.1 Å². The van der Waals surface area contributed by atoms with E-state index in [0.717, 1.165) is 17.7 Å². The summed E-state index contributed by atoms with van der Waals surface area (Å²) in [5.41, 5.74) is 0.191.